The van der Waals surface area contributed by atoms with Crippen molar-refractivity contribution in [1.82, 2.24) is 14.9 Å². The van der Waals surface area contributed by atoms with E-state index in [1.54, 1.807) is 0 Å². The Morgan fingerprint density at radius 2 is 1.71 bits per heavy atom. The van der Waals surface area contributed by atoms with Gasteiger partial charge in [-0.1, -0.05) is 56.4 Å². The van der Waals surface area contributed by atoms with Gasteiger partial charge in [0.1, 0.15) is 0 Å². The maximum Gasteiger partial charge on any atom is 0.0483 e. The molecule has 34 heavy (non-hydrogen) atoms. The van der Waals surface area contributed by atoms with E-state index in [0.717, 1.165) is 11.8 Å². The zero-order valence-corrected chi connectivity index (χ0v) is 22.0. The summed E-state index contributed by atoms with van der Waals surface area (Å²) in [6.07, 6.45) is 20.1. The van der Waals surface area contributed by atoms with Gasteiger partial charge in [-0.15, -0.1) is 24.8 Å². The molecular weight excluding hydrogens is 461 g/mol. The zero-order valence-electron chi connectivity index (χ0n) is 20.3. The average molecular weight is 503 g/mol. The highest BCUT2D eigenvalue weighted by Crippen LogP contribution is 2.37. The highest BCUT2D eigenvalue weighted by Gasteiger charge is 2.22. The lowest BCUT2D eigenvalue weighted by atomic mass is 9.85. The van der Waals surface area contributed by atoms with Crippen molar-refractivity contribution >= 4 is 35.7 Å². The number of piperidine rings is 1. The van der Waals surface area contributed by atoms with E-state index in [2.05, 4.69) is 63.7 Å². The van der Waals surface area contributed by atoms with Gasteiger partial charge in [-0.25, -0.2) is 0 Å². The summed E-state index contributed by atoms with van der Waals surface area (Å²) in [4.78, 5) is 4.49. The third-order valence-corrected chi connectivity index (χ3v) is 8.03. The molecule has 5 rings (SSSR count). The molecule has 1 saturated heterocycles. The summed E-state index contributed by atoms with van der Waals surface area (Å²) in [5.74, 6) is 2.17. The predicted molar refractivity (Wildman–Crippen MR) is 149 cm³/mol. The van der Waals surface area contributed by atoms with Crippen molar-refractivity contribution in [1.29, 1.82) is 0 Å². The molecule has 0 amide bonds. The first-order chi connectivity index (χ1) is 15.9. The first kappa shape index (κ1) is 27.0. The molecule has 3 heterocycles. The molecule has 186 valence electrons. The Morgan fingerprint density at radius 1 is 0.912 bits per heavy atom. The third-order valence-electron chi connectivity index (χ3n) is 8.03. The minimum absolute atomic E-state index is 0. The number of benzene rings is 1. The lowest BCUT2D eigenvalue weighted by Gasteiger charge is -2.24. The van der Waals surface area contributed by atoms with Crippen molar-refractivity contribution in [2.45, 2.75) is 76.7 Å². The number of nitrogens with zero attached hydrogens (tertiary/aromatic N) is 2. The van der Waals surface area contributed by atoms with Gasteiger partial charge < -0.3 is 9.88 Å². The van der Waals surface area contributed by atoms with Gasteiger partial charge in [-0.3, -0.25) is 4.98 Å². The van der Waals surface area contributed by atoms with Crippen LogP contribution in [0.2, 0.25) is 0 Å². The van der Waals surface area contributed by atoms with Crippen LogP contribution in [-0.2, 0) is 6.54 Å². The molecule has 0 bridgehead atoms. The number of aromatic nitrogens is 2. The number of para-hydroxylation sites is 1. The lowest BCUT2D eigenvalue weighted by Crippen LogP contribution is -2.27. The van der Waals surface area contributed by atoms with Gasteiger partial charge in [-0.2, -0.15) is 0 Å². The van der Waals surface area contributed by atoms with Gasteiger partial charge in [0, 0.05) is 42.0 Å². The van der Waals surface area contributed by atoms with Crippen LogP contribution < -0.4 is 5.32 Å². The number of fused-ring (bicyclic) bond motifs is 1. The first-order valence-electron chi connectivity index (χ1n) is 13.1. The molecule has 5 heteroatoms. The number of pyridine rings is 1. The van der Waals surface area contributed by atoms with Gasteiger partial charge in [0.2, 0.25) is 0 Å². The van der Waals surface area contributed by atoms with Crippen LogP contribution in [0.3, 0.4) is 0 Å². The molecule has 1 N–H and O–H groups in total. The van der Waals surface area contributed by atoms with Crippen molar-refractivity contribution in [2.24, 2.45) is 11.8 Å². The van der Waals surface area contributed by atoms with Crippen LogP contribution in [0.1, 0.15) is 81.3 Å². The van der Waals surface area contributed by atoms with E-state index in [0.29, 0.717) is 5.92 Å². The molecule has 1 atom stereocenters. The van der Waals surface area contributed by atoms with E-state index >= 15 is 0 Å². The summed E-state index contributed by atoms with van der Waals surface area (Å²) >= 11 is 0. The first-order valence-corrected chi connectivity index (χ1v) is 13.1. The fourth-order valence-electron chi connectivity index (χ4n) is 6.22. The molecule has 3 nitrogen and oxygen atoms in total. The number of rotatable bonds is 8. The molecule has 2 aromatic heterocycles. The Bertz CT molecular complexity index is 975. The number of hydrogen-bond acceptors (Lipinski definition) is 2. The molecule has 2 fully saturated rings. The average Bonchev–Trinajstić information content (AvgIpc) is 3.22. The Hall–Kier alpha value is -1.55. The van der Waals surface area contributed by atoms with Crippen molar-refractivity contribution in [3.05, 3.63) is 66.1 Å². The van der Waals surface area contributed by atoms with Crippen molar-refractivity contribution < 1.29 is 0 Å². The van der Waals surface area contributed by atoms with E-state index in [4.69, 9.17) is 0 Å². The summed E-state index contributed by atoms with van der Waals surface area (Å²) < 4.78 is 2.58. The normalized spacial score (nSPS) is 18.2. The summed E-state index contributed by atoms with van der Waals surface area (Å²) in [7, 11) is 0. The maximum absolute atomic E-state index is 4.49. The quantitative estimate of drug-likeness (QED) is 0.341. The Morgan fingerprint density at radius 3 is 2.47 bits per heavy atom. The van der Waals surface area contributed by atoms with Crippen LogP contribution in [0.4, 0.5) is 0 Å². The molecule has 1 aliphatic carbocycles. The third kappa shape index (κ3) is 6.56. The second-order valence-electron chi connectivity index (χ2n) is 10.2. The van der Waals surface area contributed by atoms with Crippen molar-refractivity contribution in [3.63, 3.8) is 0 Å². The molecule has 0 spiro atoms. The zero-order chi connectivity index (χ0) is 21.6. The van der Waals surface area contributed by atoms with Crippen LogP contribution in [0.25, 0.3) is 10.9 Å². The van der Waals surface area contributed by atoms with Crippen LogP contribution in [0.15, 0.2) is 55.0 Å². The largest absolute Gasteiger partial charge is 0.347 e. The van der Waals surface area contributed by atoms with Crippen molar-refractivity contribution in [2.75, 3.05) is 13.1 Å². The molecule has 0 radical (unpaired) electrons. The standard InChI is InChI=1S/C29H39N3.2ClH/c1-2-8-24(9-3-1)21-32-22-28(27-12-4-5-14-29(27)32)26(25-11-7-17-31-20-25)13-6-10-23-15-18-30-19-16-23;;/h4-5,7,11-12,14,17,20,22-24,26,30H,1-3,6,8-10,13,15-16,18-19,21H2;2*1H. The summed E-state index contributed by atoms with van der Waals surface area (Å²) in [5, 5.41) is 4.95. The summed E-state index contributed by atoms with van der Waals surface area (Å²) in [5.41, 5.74) is 4.30. The number of halogens is 2. The second kappa shape index (κ2) is 13.5. The molecule has 1 saturated carbocycles. The van der Waals surface area contributed by atoms with E-state index in [1.807, 2.05) is 6.20 Å². The van der Waals surface area contributed by atoms with Crippen molar-refractivity contribution in [3.8, 4) is 0 Å². The summed E-state index contributed by atoms with van der Waals surface area (Å²) in [6.45, 7) is 3.58. The van der Waals surface area contributed by atoms with E-state index in [9.17, 15) is 0 Å². The number of hydrogen-bond donors (Lipinski definition) is 1. The molecule has 2 aliphatic rings. The Balaban J connectivity index is 0.00000162. The lowest BCUT2D eigenvalue weighted by molar-refractivity contribution is 0.322. The SMILES string of the molecule is Cl.Cl.c1cncc(C(CCCC2CCNCC2)c2cn(CC3CCCCC3)c3ccccc23)c1. The van der Waals surface area contributed by atoms with Crippen LogP contribution in [0.5, 0.6) is 0 Å². The highest BCUT2D eigenvalue weighted by molar-refractivity contribution is 5.86. The molecule has 1 aliphatic heterocycles. The fourth-order valence-corrected chi connectivity index (χ4v) is 6.22. The smallest absolute Gasteiger partial charge is 0.0483 e. The molecule has 1 unspecified atom stereocenters. The minimum atomic E-state index is 0. The van der Waals surface area contributed by atoms with Crippen LogP contribution in [0, 0.1) is 11.8 Å². The van der Waals surface area contributed by atoms with Gasteiger partial charge in [-0.05, 0) is 80.3 Å². The van der Waals surface area contributed by atoms with Gasteiger partial charge in [0.25, 0.3) is 0 Å². The van der Waals surface area contributed by atoms with E-state index < -0.39 is 0 Å². The highest BCUT2D eigenvalue weighted by atomic mass is 35.5. The molecule has 3 aromatic rings. The summed E-state index contributed by atoms with van der Waals surface area (Å²) in [6, 6.07) is 13.5. The monoisotopic (exact) mass is 501 g/mol. The number of nitrogens with one attached hydrogen (secondary N) is 1. The Kier molecular flexibility index (Phi) is 10.8. The molecule has 1 aromatic carbocycles. The van der Waals surface area contributed by atoms with Gasteiger partial charge >= 0.3 is 0 Å². The Labute approximate surface area is 217 Å². The van der Waals surface area contributed by atoms with Crippen LogP contribution >= 0.6 is 24.8 Å². The second-order valence-corrected chi connectivity index (χ2v) is 10.2. The predicted octanol–water partition coefficient (Wildman–Crippen LogP) is 7.76. The van der Waals surface area contributed by atoms with E-state index in [1.165, 1.54) is 106 Å². The minimum Gasteiger partial charge on any atom is -0.347 e. The van der Waals surface area contributed by atoms with Gasteiger partial charge in [0.15, 0.2) is 0 Å². The van der Waals surface area contributed by atoms with Crippen LogP contribution in [-0.4, -0.2) is 22.6 Å². The topological polar surface area (TPSA) is 29.9 Å². The van der Waals surface area contributed by atoms with Gasteiger partial charge in [0.05, 0.1) is 0 Å². The van der Waals surface area contributed by atoms with E-state index in [-0.39, 0.29) is 24.8 Å². The molecular formula is C29H41Cl2N3. The maximum atomic E-state index is 4.49. The fraction of sp³-hybridized carbons (Fsp3) is 0.552.